The number of ketones is 1. The Balaban J connectivity index is 0.867. The van der Waals surface area contributed by atoms with Gasteiger partial charge in [0.2, 0.25) is 53.2 Å². The van der Waals surface area contributed by atoms with Crippen LogP contribution in [-0.2, 0) is 97.4 Å². The fraction of sp³-hybridized carbons (Fsp3) is 0.523. The van der Waals surface area contributed by atoms with E-state index >= 15 is 14.4 Å². The van der Waals surface area contributed by atoms with Gasteiger partial charge in [0.05, 0.1) is 49.6 Å². The number of aliphatic hydroxyl groups excluding tert-OH is 2. The van der Waals surface area contributed by atoms with E-state index in [0.29, 0.717) is 41.8 Å². The maximum absolute atomic E-state index is 15.1. The Morgan fingerprint density at radius 2 is 1.52 bits per heavy atom. The van der Waals surface area contributed by atoms with Crippen LogP contribution in [-0.4, -0.2) is 257 Å². The van der Waals surface area contributed by atoms with Crippen LogP contribution in [0, 0.1) is 11.8 Å². The van der Waals surface area contributed by atoms with Gasteiger partial charge in [-0.05, 0) is 144 Å². The van der Waals surface area contributed by atoms with Crippen LogP contribution in [0.1, 0.15) is 121 Å². The van der Waals surface area contributed by atoms with Crippen molar-refractivity contribution in [3.05, 3.63) is 154 Å². The Labute approximate surface area is 754 Å². The van der Waals surface area contributed by atoms with Gasteiger partial charge in [-0.1, -0.05) is 158 Å². The van der Waals surface area contributed by atoms with E-state index in [1.54, 1.807) is 80.6 Å². The predicted octanol–water partition coefficient (Wildman–Crippen LogP) is 4.72. The molecule has 16 N–H and O–H groups in total. The average molecular weight is 1840 g/mol. The molecule has 0 saturated carbocycles. The van der Waals surface area contributed by atoms with Crippen molar-refractivity contribution in [2.24, 2.45) is 23.3 Å². The molecule has 4 heterocycles. The summed E-state index contributed by atoms with van der Waals surface area (Å²) in [5.41, 5.74) is 14.7. The van der Waals surface area contributed by atoms with Crippen molar-refractivity contribution in [2.75, 3.05) is 69.3 Å². The molecule has 3 fully saturated rings. The number of phenolic OH excluding ortho intramolecular Hbond substituents is 1. The zero-order valence-corrected chi connectivity index (χ0v) is 76.2. The number of aromatic hydroxyl groups is 1. The van der Waals surface area contributed by atoms with E-state index in [9.17, 15) is 63.6 Å². The zero-order valence-electron chi connectivity index (χ0n) is 72.2. The number of carbonyl (C=O) groups excluding carboxylic acids is 12. The summed E-state index contributed by atoms with van der Waals surface area (Å²) in [5.74, 6) is -10.5. The number of epoxide rings is 1. The van der Waals surface area contributed by atoms with Crippen molar-refractivity contribution in [3.63, 3.8) is 0 Å². The third-order valence-electron chi connectivity index (χ3n) is 22.9. The minimum Gasteiger partial charge on any atom is -0.508 e. The molecule has 126 heavy (non-hydrogen) atoms. The molecule has 9 rings (SSSR count). The summed E-state index contributed by atoms with van der Waals surface area (Å²) in [6.45, 7) is 9.38. The zero-order chi connectivity index (χ0) is 91.9. The number of aliphatic hydroxyl groups is 3. The maximum Gasteiger partial charge on any atom is 0.409 e. The second-order valence-electron chi connectivity index (χ2n) is 32.5. The van der Waals surface area contributed by atoms with Crippen molar-refractivity contribution < 1.29 is 102 Å². The van der Waals surface area contributed by atoms with Gasteiger partial charge < -0.3 is 103 Å². The van der Waals surface area contributed by atoms with Crippen molar-refractivity contribution in [2.45, 2.75) is 215 Å². The number of ether oxygens (including phenoxy) is 5. The van der Waals surface area contributed by atoms with Gasteiger partial charge in [-0.3, -0.25) is 53.3 Å². The molecule has 4 aliphatic heterocycles. The first-order valence-corrected chi connectivity index (χ1v) is 47.2. The van der Waals surface area contributed by atoms with Crippen LogP contribution in [0.25, 0.3) is 5.57 Å². The number of carbonyl (C=O) groups is 12. The average Bonchev–Trinajstić information content (AvgIpc) is 1.57. The Morgan fingerprint density at radius 3 is 2.22 bits per heavy atom. The lowest BCUT2D eigenvalue weighted by Gasteiger charge is -2.42. The number of benzene rings is 4. The summed E-state index contributed by atoms with van der Waals surface area (Å²) in [6.07, 6.45) is -0.943. The van der Waals surface area contributed by atoms with Gasteiger partial charge >= 0.3 is 12.1 Å². The number of halogens is 1. The highest BCUT2D eigenvalue weighted by atomic mass is 35.5. The van der Waals surface area contributed by atoms with Gasteiger partial charge in [0.15, 0.2) is 11.5 Å². The number of rotatable bonds is 29. The first-order chi connectivity index (χ1) is 59.9. The molecule has 33 nitrogen and oxygen atoms in total. The molecule has 4 aromatic rings. The number of esters is 1. The third kappa shape index (κ3) is 27.6. The third-order valence-corrected chi connectivity index (χ3v) is 28.2. The second-order valence-corrected chi connectivity index (χ2v) is 38.1. The smallest absolute Gasteiger partial charge is 0.409 e. The highest BCUT2D eigenvalue weighted by Crippen LogP contribution is 2.50. The molecule has 4 aromatic carbocycles. The summed E-state index contributed by atoms with van der Waals surface area (Å²) in [6, 6.07) is 14.2. The minimum atomic E-state index is -1.94. The topological polar surface area (TPSA) is 490 Å². The van der Waals surface area contributed by atoms with Crippen LogP contribution in [0.5, 0.6) is 11.5 Å². The summed E-state index contributed by atoms with van der Waals surface area (Å²) < 4.78 is 29.7. The second kappa shape index (κ2) is 47.2. The minimum absolute atomic E-state index is 0.0325. The largest absolute Gasteiger partial charge is 0.508 e. The first kappa shape index (κ1) is 101. The number of nitrogens with two attached hydrogens (primary N) is 2. The number of nitrogens with zero attached hydrogens (tertiary/aromatic N) is 2. The monoisotopic (exact) mass is 1840 g/mol. The van der Waals surface area contributed by atoms with E-state index in [4.69, 9.17) is 46.8 Å². The Morgan fingerprint density at radius 1 is 0.833 bits per heavy atom. The molecule has 686 valence electrons. The number of likely N-dealkylation sites (N-methyl/N-ethyl adjacent to an activating group) is 1. The molecule has 18 atom stereocenters. The molecule has 3 saturated heterocycles. The number of methoxy groups -OCH3 is 2. The molecular weight excluding hydrogens is 1720 g/mol. The first-order valence-electron chi connectivity index (χ1n) is 41.8. The van der Waals surface area contributed by atoms with E-state index in [2.05, 4.69) is 42.5 Å². The standard InChI is InChI=1S/C88H117ClN12O21S4/c1-48-19-18-25-70(119-10)88(117)45-69(120-86(116)99-88)49(2)77-87(6,122-77)71(44-73(107)101(8)66-40-55(37-48)41-68(118-9)74(66)89)121-85(115)50(3)100(7)72(106)32-35-123-124-36-34-92-83(113)75(51(4)102)97-82(112)65-47-126-125-46-64(95-79(109)61(91)39-53-20-12-11-13-21-53)67(105)43-58(38-54-26-30-59(104)31-27-54)78(108)94-63(42-57-29-28-56-22-14-15-23-60(56)57)81(111)93-62(24-16-17-33-90)80(110)98-76(52(5)103)84(114)96-65/h11-15,18-23,25-27,29-31,40-41,49-52,58,61-65,69-71,75-77,102-104,117H,16-17,24,28,32-39,42-47,90-91H2,1-10H3,(H,92,113)(H,93,111)(H,94,108)(H,95,109)(H,96,114)(H,97,112)(H,98,110)(H,99,116)/b25-18+,48-19+/t49-,50+,51-,52-,58-,61-,62+,63-,64+,65+,69+,70-,71+,75+,76+,77+,87+,88+/m1/s1. The molecule has 4 bridgehead atoms. The number of hydrogen-bond donors (Lipinski definition) is 14. The highest BCUT2D eigenvalue weighted by molar-refractivity contribution is 8.77. The number of anilines is 1. The lowest BCUT2D eigenvalue weighted by atomic mass is 9.83. The number of hydrogen-bond acceptors (Lipinski definition) is 27. The van der Waals surface area contributed by atoms with Gasteiger partial charge in [0, 0.05) is 88.3 Å². The number of Topliss-reactive ketones (excluding diaryl/α,β-unsaturated/α-hetero) is 1. The number of unbranched alkanes of at least 4 members (excludes halogenated alkanes) is 1. The van der Waals surface area contributed by atoms with Gasteiger partial charge in [-0.15, -0.1) is 0 Å². The molecule has 0 aromatic heterocycles. The number of amides is 10. The molecule has 0 radical (unpaired) electrons. The number of phenols is 1. The maximum atomic E-state index is 15.1. The van der Waals surface area contributed by atoms with Gasteiger partial charge in [0.25, 0.3) is 0 Å². The van der Waals surface area contributed by atoms with Crippen molar-refractivity contribution in [1.29, 1.82) is 0 Å². The van der Waals surface area contributed by atoms with E-state index < -0.39 is 192 Å². The molecule has 1 aliphatic carbocycles. The fourth-order valence-corrected chi connectivity index (χ4v) is 19.8. The van der Waals surface area contributed by atoms with Crippen LogP contribution < -0.4 is 63.6 Å². The summed E-state index contributed by atoms with van der Waals surface area (Å²) in [5, 5.41) is 66.2. The van der Waals surface area contributed by atoms with E-state index in [-0.39, 0.29) is 91.8 Å². The number of alkyl carbamates (subject to hydrolysis) is 1. The Hall–Kier alpha value is -9.25. The fourth-order valence-electron chi connectivity index (χ4n) is 15.3. The van der Waals surface area contributed by atoms with E-state index in [1.807, 2.05) is 43.3 Å². The van der Waals surface area contributed by atoms with Crippen LogP contribution in [0.4, 0.5) is 10.5 Å². The SMILES string of the molecule is COc1cc2cc(c1Cl)N(C)C(=O)C[C@H](OC(=O)[C@H](C)N(C)C(=O)CCSSCCNC(=O)[C@@H](NC(=O)[C@@H]1CSSC[C@H](NC(=O)[C@H](N)Cc3ccccc3)C(=O)C[C@@H](Cc3ccc(O)cc3)C(=O)N[C@H](CC3=CCc4ccccc43)C(=O)N[C@@H](CCCCN)C(=O)N[C@@H]([C@@H](C)O)C(=O)N1)[C@@H](C)O)[C@]1(C)O[C@H]1[C@H](C)[C@@H]1C[C@@](O)(NC(=O)O1)[C@H](OC)/C=C/C=C(\C)C2. The number of nitrogens with one attached hydrogen (secondary N) is 8. The van der Waals surface area contributed by atoms with Crippen LogP contribution in [0.2, 0.25) is 5.02 Å². The molecule has 10 amide bonds. The van der Waals surface area contributed by atoms with Crippen LogP contribution in [0.15, 0.2) is 121 Å². The Kier molecular flexibility index (Phi) is 37.6. The van der Waals surface area contributed by atoms with E-state index in [1.165, 1.54) is 92.6 Å². The summed E-state index contributed by atoms with van der Waals surface area (Å²) in [4.78, 5) is 176. The lowest BCUT2D eigenvalue weighted by molar-refractivity contribution is -0.162. The quantitative estimate of drug-likeness (QED) is 0.0151. The molecule has 5 aliphatic rings. The van der Waals surface area contributed by atoms with Crippen molar-refractivity contribution in [3.8, 4) is 11.5 Å². The van der Waals surface area contributed by atoms with Crippen molar-refractivity contribution in [1.82, 2.24) is 47.4 Å². The number of allylic oxidation sites excluding steroid dienone is 4. The molecule has 38 heteroatoms. The normalized spacial score (nSPS) is 26.7. The number of fused-ring (bicyclic) bond motifs is 6. The van der Waals surface area contributed by atoms with Gasteiger partial charge in [-0.25, -0.2) is 9.59 Å². The van der Waals surface area contributed by atoms with Gasteiger partial charge in [-0.2, -0.15) is 0 Å². The summed E-state index contributed by atoms with van der Waals surface area (Å²) in [7, 11) is 10.2. The Bertz CT molecular complexity index is 4630. The van der Waals surface area contributed by atoms with Crippen molar-refractivity contribution >= 4 is 137 Å². The lowest BCUT2D eigenvalue weighted by Crippen LogP contribution is -2.63. The summed E-state index contributed by atoms with van der Waals surface area (Å²) >= 11 is 6.88. The van der Waals surface area contributed by atoms with E-state index in [0.717, 1.165) is 49.4 Å². The molecule has 0 spiro atoms. The molecule has 0 unspecified atom stereocenters. The molecular formula is C88H117ClN12O21S4. The van der Waals surface area contributed by atoms with Crippen LogP contribution >= 0.6 is 54.8 Å². The van der Waals surface area contributed by atoms with Gasteiger partial charge in [0.1, 0.15) is 76.7 Å². The predicted molar refractivity (Wildman–Crippen MR) is 482 cm³/mol. The van der Waals surface area contributed by atoms with Crippen LogP contribution in [0.3, 0.4) is 0 Å². The highest BCUT2D eigenvalue weighted by Gasteiger charge is 2.65.